The number of aryl methyl sites for hydroxylation is 3. The van der Waals surface area contributed by atoms with Crippen molar-refractivity contribution in [1.82, 2.24) is 9.97 Å². The third-order valence-corrected chi connectivity index (χ3v) is 1.51. The zero-order valence-corrected chi connectivity index (χ0v) is 9.57. The molecule has 0 spiro atoms. The van der Waals surface area contributed by atoms with Gasteiger partial charge in [0.05, 0.1) is 5.69 Å². The van der Waals surface area contributed by atoms with Crippen LogP contribution in [0.1, 0.15) is 24.1 Å². The number of nitrogens with zero attached hydrogens (tertiary/aromatic N) is 1. The molecule has 1 rings (SSSR count). The van der Waals surface area contributed by atoms with Gasteiger partial charge in [0.25, 0.3) is 0 Å². The number of hydrogen-bond acceptors (Lipinski definition) is 1. The maximum atomic E-state index is 4.27. The van der Waals surface area contributed by atoms with Gasteiger partial charge in [-0.3, -0.25) is 0 Å². The summed E-state index contributed by atoms with van der Waals surface area (Å²) in [6.45, 7) is 6.16. The molecular weight excluding hydrogens is 201 g/mol. The van der Waals surface area contributed by atoms with Gasteiger partial charge < -0.3 is 4.98 Å². The molecule has 0 aliphatic rings. The molecule has 0 bridgehead atoms. The van der Waals surface area contributed by atoms with E-state index in [0.717, 1.165) is 17.9 Å². The van der Waals surface area contributed by atoms with E-state index in [2.05, 4.69) is 16.9 Å². The molecule has 0 fully saturated rings. The third kappa shape index (κ3) is 2.17. The summed E-state index contributed by atoms with van der Waals surface area (Å²) in [5.74, 6) is 1.09. The fourth-order valence-corrected chi connectivity index (χ4v) is 0.789. The summed E-state index contributed by atoms with van der Waals surface area (Å²) in [7, 11) is 0. The maximum Gasteiger partial charge on any atom is 0.106 e. The minimum absolute atomic E-state index is 0. The Labute approximate surface area is 86.7 Å². The number of hydrogen-bond donors (Lipinski definition) is 1. The molecule has 53 valence electrons. The van der Waals surface area contributed by atoms with Crippen LogP contribution in [0.5, 0.6) is 0 Å². The number of nitrogens with one attached hydrogen (secondary N) is 1. The number of imidazole rings is 1. The summed E-state index contributed by atoms with van der Waals surface area (Å²) in [4.78, 5) is 7.46. The fraction of sp³-hybridized carbons (Fsp3) is 0.571. The summed E-state index contributed by atoms with van der Waals surface area (Å²) >= 11 is 0. The molecule has 0 saturated carbocycles. The quantitative estimate of drug-likeness (QED) is 0.753. The van der Waals surface area contributed by atoms with E-state index in [1.165, 1.54) is 5.69 Å². The van der Waals surface area contributed by atoms with Gasteiger partial charge in [-0.25, -0.2) is 4.98 Å². The Balaban J connectivity index is 0.000000810. The van der Waals surface area contributed by atoms with Gasteiger partial charge in [0, 0.05) is 44.8 Å². The van der Waals surface area contributed by atoms with Crippen molar-refractivity contribution in [3.05, 3.63) is 17.2 Å². The van der Waals surface area contributed by atoms with Crippen molar-refractivity contribution in [3.63, 3.8) is 0 Å². The second kappa shape index (κ2) is 4.25. The smallest absolute Gasteiger partial charge is 0.106 e. The molecule has 1 N–H and O–H groups in total. The summed E-state index contributed by atoms with van der Waals surface area (Å²) < 4.78 is 0. The molecule has 1 radical (unpaired) electrons. The van der Waals surface area contributed by atoms with Crippen molar-refractivity contribution >= 4 is 0 Å². The van der Waals surface area contributed by atoms with Gasteiger partial charge in [0.15, 0.2) is 0 Å². The van der Waals surface area contributed by atoms with Crippen LogP contribution in [0.25, 0.3) is 0 Å². The number of rotatable bonds is 1. The Morgan fingerprint density at radius 1 is 1.40 bits per heavy atom. The topological polar surface area (TPSA) is 28.7 Å². The van der Waals surface area contributed by atoms with E-state index >= 15 is 0 Å². The summed E-state index contributed by atoms with van der Waals surface area (Å²) in [6.07, 6.45) is 0.995. The van der Waals surface area contributed by atoms with Crippen molar-refractivity contribution in [2.24, 2.45) is 0 Å². The van der Waals surface area contributed by atoms with E-state index in [4.69, 9.17) is 0 Å². The summed E-state index contributed by atoms with van der Waals surface area (Å²) in [5, 5.41) is 0. The third-order valence-electron chi connectivity index (χ3n) is 1.51. The first kappa shape index (κ1) is 10.3. The minimum atomic E-state index is 0. The van der Waals surface area contributed by atoms with E-state index in [-0.39, 0.29) is 32.7 Å². The van der Waals surface area contributed by atoms with Crippen LogP contribution >= 0.6 is 0 Å². The van der Waals surface area contributed by atoms with Crippen LogP contribution in [0.2, 0.25) is 0 Å². The van der Waals surface area contributed by atoms with E-state index in [9.17, 15) is 0 Å². The van der Waals surface area contributed by atoms with Crippen LogP contribution in [0.3, 0.4) is 0 Å². The van der Waals surface area contributed by atoms with Crippen molar-refractivity contribution in [3.8, 4) is 0 Å². The molecule has 0 aliphatic heterocycles. The van der Waals surface area contributed by atoms with Crippen molar-refractivity contribution in [1.29, 1.82) is 0 Å². The van der Waals surface area contributed by atoms with Crippen molar-refractivity contribution in [2.45, 2.75) is 27.2 Å². The molecule has 1 heterocycles. The second-order valence-corrected chi connectivity index (χ2v) is 2.25. The van der Waals surface area contributed by atoms with Gasteiger partial charge in [-0.2, -0.15) is 0 Å². The Morgan fingerprint density at radius 3 is 2.20 bits per heavy atom. The Bertz CT molecular complexity index is 186. The van der Waals surface area contributed by atoms with Crippen LogP contribution in [0.15, 0.2) is 0 Å². The van der Waals surface area contributed by atoms with Gasteiger partial charge in [-0.05, 0) is 13.8 Å². The summed E-state index contributed by atoms with van der Waals surface area (Å²) in [5.41, 5.74) is 2.30. The van der Waals surface area contributed by atoms with Crippen molar-refractivity contribution in [2.75, 3.05) is 0 Å². The molecule has 0 saturated heterocycles. The molecule has 3 heteroatoms. The zero-order valence-electron chi connectivity index (χ0n) is 6.73. The van der Waals surface area contributed by atoms with Crippen LogP contribution in [-0.4, -0.2) is 9.97 Å². The summed E-state index contributed by atoms with van der Waals surface area (Å²) in [6, 6.07) is 0. The molecule has 0 aromatic carbocycles. The number of aromatic nitrogens is 2. The predicted octanol–water partition coefficient (Wildman–Crippen LogP) is 1.59. The van der Waals surface area contributed by atoms with E-state index < -0.39 is 0 Å². The van der Waals surface area contributed by atoms with Crippen LogP contribution in [0.4, 0.5) is 0 Å². The average Bonchev–Trinajstić information content (AvgIpc) is 2.13. The first-order valence-corrected chi connectivity index (χ1v) is 3.26. The standard InChI is InChI=1S/C7H12N2.Y/c1-4-7-8-5(2)6(3)9-7;/h4H2,1-3H3,(H,8,9);. The fourth-order valence-electron chi connectivity index (χ4n) is 0.789. The zero-order chi connectivity index (χ0) is 6.85. The van der Waals surface area contributed by atoms with Crippen LogP contribution in [0, 0.1) is 13.8 Å². The molecule has 1 aromatic heterocycles. The Morgan fingerprint density at radius 2 is 2.00 bits per heavy atom. The molecule has 10 heavy (non-hydrogen) atoms. The van der Waals surface area contributed by atoms with E-state index in [1.54, 1.807) is 0 Å². The van der Waals surface area contributed by atoms with Gasteiger partial charge >= 0.3 is 0 Å². The normalized spacial score (nSPS) is 9.10. The van der Waals surface area contributed by atoms with Crippen LogP contribution in [-0.2, 0) is 39.1 Å². The molecule has 0 unspecified atom stereocenters. The first-order valence-electron chi connectivity index (χ1n) is 3.26. The van der Waals surface area contributed by atoms with E-state index in [0.29, 0.717) is 0 Å². The Kier molecular flexibility index (Phi) is 4.38. The Hall–Kier alpha value is 0.314. The largest absolute Gasteiger partial charge is 0.346 e. The SMILES string of the molecule is CCc1nc(C)c(C)[nH]1.[Y]. The second-order valence-electron chi connectivity index (χ2n) is 2.25. The van der Waals surface area contributed by atoms with E-state index in [1.807, 2.05) is 13.8 Å². The molecule has 0 aliphatic carbocycles. The molecule has 0 atom stereocenters. The van der Waals surface area contributed by atoms with Crippen molar-refractivity contribution < 1.29 is 32.7 Å². The van der Waals surface area contributed by atoms with Gasteiger partial charge in [-0.1, -0.05) is 6.92 Å². The van der Waals surface area contributed by atoms with Gasteiger partial charge in [0.2, 0.25) is 0 Å². The minimum Gasteiger partial charge on any atom is -0.346 e. The molecule has 0 amide bonds. The van der Waals surface area contributed by atoms with Gasteiger partial charge in [0.1, 0.15) is 5.82 Å². The predicted molar refractivity (Wildman–Crippen MR) is 37.4 cm³/mol. The number of H-pyrrole nitrogens is 1. The monoisotopic (exact) mass is 213 g/mol. The molecule has 2 nitrogen and oxygen atoms in total. The first-order chi connectivity index (χ1) is 4.24. The average molecular weight is 213 g/mol. The molecular formula is C7H12N2Y. The number of aromatic amines is 1. The molecule has 1 aromatic rings. The van der Waals surface area contributed by atoms with Gasteiger partial charge in [-0.15, -0.1) is 0 Å². The maximum absolute atomic E-state index is 4.27. The van der Waals surface area contributed by atoms with Crippen LogP contribution < -0.4 is 0 Å².